The van der Waals surface area contributed by atoms with Gasteiger partial charge in [0.2, 0.25) is 5.13 Å². The molecule has 1 atom stereocenters. The second kappa shape index (κ2) is 5.44. The van der Waals surface area contributed by atoms with Gasteiger partial charge in [0, 0.05) is 11.6 Å². The zero-order valence-corrected chi connectivity index (χ0v) is 10.9. The van der Waals surface area contributed by atoms with E-state index in [2.05, 4.69) is 15.5 Å². The maximum atomic E-state index is 5.92. The minimum atomic E-state index is 0.129. The van der Waals surface area contributed by atoms with Crippen molar-refractivity contribution in [3.8, 4) is 0 Å². The maximum absolute atomic E-state index is 5.92. The molecule has 0 saturated carbocycles. The average molecular weight is 269 g/mol. The van der Waals surface area contributed by atoms with E-state index in [9.17, 15) is 0 Å². The summed E-state index contributed by atoms with van der Waals surface area (Å²) in [4.78, 5) is 0. The molecular weight excluding hydrogens is 256 g/mol. The molecule has 2 rings (SSSR count). The number of nitrogens with two attached hydrogens (primary N) is 1. The number of nitrogen functional groups attached to an aromatic ring is 1. The molecule has 0 bridgehead atoms. The Morgan fingerprint density at radius 3 is 2.94 bits per heavy atom. The summed E-state index contributed by atoms with van der Waals surface area (Å²) in [6.07, 6.45) is 0. The molecule has 0 fully saturated rings. The van der Waals surface area contributed by atoms with E-state index in [0.717, 1.165) is 22.1 Å². The quantitative estimate of drug-likeness (QED) is 0.895. The second-order valence-corrected chi connectivity index (χ2v) is 5.19. The molecule has 17 heavy (non-hydrogen) atoms. The number of hydrogen-bond acceptors (Lipinski definition) is 5. The SMILES string of the molecule is CC(NCc1cccc(Cl)c1)c1nnc(N)s1. The van der Waals surface area contributed by atoms with Gasteiger partial charge in [0.1, 0.15) is 5.01 Å². The Balaban J connectivity index is 1.94. The van der Waals surface area contributed by atoms with Gasteiger partial charge in [-0.3, -0.25) is 0 Å². The van der Waals surface area contributed by atoms with Gasteiger partial charge >= 0.3 is 0 Å². The molecule has 0 radical (unpaired) electrons. The monoisotopic (exact) mass is 268 g/mol. The smallest absolute Gasteiger partial charge is 0.203 e. The van der Waals surface area contributed by atoms with E-state index in [1.807, 2.05) is 31.2 Å². The van der Waals surface area contributed by atoms with Crippen molar-refractivity contribution < 1.29 is 0 Å². The van der Waals surface area contributed by atoms with Gasteiger partial charge in [-0.25, -0.2) is 0 Å². The molecule has 0 spiro atoms. The van der Waals surface area contributed by atoms with Crippen LogP contribution < -0.4 is 11.1 Å². The van der Waals surface area contributed by atoms with Crippen molar-refractivity contribution in [3.05, 3.63) is 39.9 Å². The van der Waals surface area contributed by atoms with Crippen LogP contribution in [0.5, 0.6) is 0 Å². The van der Waals surface area contributed by atoms with E-state index < -0.39 is 0 Å². The zero-order chi connectivity index (χ0) is 12.3. The highest BCUT2D eigenvalue weighted by atomic mass is 35.5. The lowest BCUT2D eigenvalue weighted by atomic mass is 10.2. The molecule has 0 saturated heterocycles. The zero-order valence-electron chi connectivity index (χ0n) is 9.35. The van der Waals surface area contributed by atoms with E-state index >= 15 is 0 Å². The molecule has 0 amide bonds. The molecule has 1 unspecified atom stereocenters. The molecule has 0 aliphatic heterocycles. The summed E-state index contributed by atoms with van der Waals surface area (Å²) in [5.74, 6) is 0. The first-order chi connectivity index (χ1) is 8.15. The Morgan fingerprint density at radius 2 is 2.29 bits per heavy atom. The molecule has 6 heteroatoms. The largest absolute Gasteiger partial charge is 0.374 e. The third kappa shape index (κ3) is 3.39. The van der Waals surface area contributed by atoms with Crippen LogP contribution >= 0.6 is 22.9 Å². The minimum absolute atomic E-state index is 0.129. The molecular formula is C11H13ClN4S. The Hall–Kier alpha value is -1.17. The Kier molecular flexibility index (Phi) is 3.93. The summed E-state index contributed by atoms with van der Waals surface area (Å²) in [5.41, 5.74) is 6.68. The molecule has 3 N–H and O–H groups in total. The number of nitrogens with zero attached hydrogens (tertiary/aromatic N) is 2. The molecule has 4 nitrogen and oxygen atoms in total. The van der Waals surface area contributed by atoms with E-state index in [1.54, 1.807) is 0 Å². The van der Waals surface area contributed by atoms with Gasteiger partial charge in [0.05, 0.1) is 6.04 Å². The molecule has 2 aromatic rings. The number of rotatable bonds is 4. The second-order valence-electron chi connectivity index (χ2n) is 3.71. The van der Waals surface area contributed by atoms with Crippen molar-refractivity contribution in [2.45, 2.75) is 19.5 Å². The molecule has 0 aliphatic carbocycles. The van der Waals surface area contributed by atoms with Gasteiger partial charge in [-0.2, -0.15) is 0 Å². The van der Waals surface area contributed by atoms with Crippen LogP contribution in [0, 0.1) is 0 Å². The van der Waals surface area contributed by atoms with Crippen molar-refractivity contribution >= 4 is 28.1 Å². The van der Waals surface area contributed by atoms with E-state index in [-0.39, 0.29) is 6.04 Å². The first-order valence-electron chi connectivity index (χ1n) is 5.22. The molecule has 90 valence electrons. The normalized spacial score (nSPS) is 12.6. The number of aromatic nitrogens is 2. The van der Waals surface area contributed by atoms with Gasteiger partial charge in [-0.05, 0) is 24.6 Å². The van der Waals surface area contributed by atoms with Crippen molar-refractivity contribution in [3.63, 3.8) is 0 Å². The summed E-state index contributed by atoms with van der Waals surface area (Å²) in [6, 6.07) is 7.90. The van der Waals surface area contributed by atoms with Gasteiger partial charge in [0.15, 0.2) is 0 Å². The topological polar surface area (TPSA) is 63.8 Å². The summed E-state index contributed by atoms with van der Waals surface area (Å²) in [7, 11) is 0. The fourth-order valence-electron chi connectivity index (χ4n) is 1.43. The maximum Gasteiger partial charge on any atom is 0.203 e. The van der Waals surface area contributed by atoms with Crippen LogP contribution in [0.2, 0.25) is 5.02 Å². The third-order valence-electron chi connectivity index (χ3n) is 2.33. The van der Waals surface area contributed by atoms with Crippen LogP contribution in [-0.2, 0) is 6.54 Å². The van der Waals surface area contributed by atoms with Crippen LogP contribution in [0.1, 0.15) is 23.5 Å². The first-order valence-corrected chi connectivity index (χ1v) is 6.41. The van der Waals surface area contributed by atoms with Gasteiger partial charge in [-0.1, -0.05) is 35.1 Å². The summed E-state index contributed by atoms with van der Waals surface area (Å²) >= 11 is 7.32. The number of nitrogens with one attached hydrogen (secondary N) is 1. The summed E-state index contributed by atoms with van der Waals surface area (Å²) in [6.45, 7) is 2.77. The minimum Gasteiger partial charge on any atom is -0.374 e. The van der Waals surface area contributed by atoms with Crippen LogP contribution in [0.3, 0.4) is 0 Å². The van der Waals surface area contributed by atoms with Gasteiger partial charge in [0.25, 0.3) is 0 Å². The summed E-state index contributed by atoms with van der Waals surface area (Å²) < 4.78 is 0. The van der Waals surface area contributed by atoms with E-state index in [1.165, 1.54) is 11.3 Å². The molecule has 1 heterocycles. The average Bonchev–Trinajstić information content (AvgIpc) is 2.73. The third-order valence-corrected chi connectivity index (χ3v) is 3.50. The summed E-state index contributed by atoms with van der Waals surface area (Å²) in [5, 5.41) is 13.3. The van der Waals surface area contributed by atoms with E-state index in [0.29, 0.717) is 5.13 Å². The van der Waals surface area contributed by atoms with Crippen LogP contribution in [-0.4, -0.2) is 10.2 Å². The van der Waals surface area contributed by atoms with Crippen molar-refractivity contribution in [2.75, 3.05) is 5.73 Å². The van der Waals surface area contributed by atoms with Gasteiger partial charge < -0.3 is 11.1 Å². The molecule has 1 aromatic carbocycles. The van der Waals surface area contributed by atoms with E-state index in [4.69, 9.17) is 17.3 Å². The highest BCUT2D eigenvalue weighted by molar-refractivity contribution is 7.15. The standard InChI is InChI=1S/C11H13ClN4S/c1-7(10-15-16-11(13)17-10)14-6-8-3-2-4-9(12)5-8/h2-5,7,14H,6H2,1H3,(H2,13,16). The lowest BCUT2D eigenvalue weighted by Crippen LogP contribution is -2.17. The number of hydrogen-bond donors (Lipinski definition) is 2. The lowest BCUT2D eigenvalue weighted by Gasteiger charge is -2.10. The van der Waals surface area contributed by atoms with Crippen LogP contribution in [0.25, 0.3) is 0 Å². The number of benzene rings is 1. The Labute approximate surface area is 109 Å². The fraction of sp³-hybridized carbons (Fsp3) is 0.273. The van der Waals surface area contributed by atoms with Crippen LogP contribution in [0.4, 0.5) is 5.13 Å². The van der Waals surface area contributed by atoms with Gasteiger partial charge in [-0.15, -0.1) is 10.2 Å². The van der Waals surface area contributed by atoms with Crippen LogP contribution in [0.15, 0.2) is 24.3 Å². The van der Waals surface area contributed by atoms with Crippen molar-refractivity contribution in [2.24, 2.45) is 0 Å². The highest BCUT2D eigenvalue weighted by Crippen LogP contribution is 2.19. The Bertz CT molecular complexity index is 500. The predicted molar refractivity (Wildman–Crippen MR) is 71.0 cm³/mol. The predicted octanol–water partition coefficient (Wildman–Crippen LogP) is 2.62. The van der Waals surface area contributed by atoms with Crippen molar-refractivity contribution in [1.29, 1.82) is 0 Å². The van der Waals surface area contributed by atoms with Crippen molar-refractivity contribution in [1.82, 2.24) is 15.5 Å². The first kappa shape index (κ1) is 12.3. The molecule has 1 aromatic heterocycles. The number of halogens is 1. The fourth-order valence-corrected chi connectivity index (χ4v) is 2.28. The number of anilines is 1. The molecule has 0 aliphatic rings. The Morgan fingerprint density at radius 1 is 1.47 bits per heavy atom. The highest BCUT2D eigenvalue weighted by Gasteiger charge is 2.10. The lowest BCUT2D eigenvalue weighted by molar-refractivity contribution is 0.567.